The molecular weight excluding hydrogens is 248 g/mol. The van der Waals surface area contributed by atoms with Gasteiger partial charge in [-0.25, -0.2) is 0 Å². The van der Waals surface area contributed by atoms with Gasteiger partial charge in [0.15, 0.2) is 0 Å². The van der Waals surface area contributed by atoms with Crippen molar-refractivity contribution in [1.29, 1.82) is 0 Å². The lowest BCUT2D eigenvalue weighted by molar-refractivity contribution is -0.133. The second kappa shape index (κ2) is 7.44. The molecule has 20 heavy (non-hydrogen) atoms. The van der Waals surface area contributed by atoms with Gasteiger partial charge >= 0.3 is 0 Å². The molecule has 3 nitrogen and oxygen atoms in total. The zero-order valence-corrected chi connectivity index (χ0v) is 13.5. The molecule has 0 bridgehead atoms. The molecule has 2 atom stereocenters. The number of hydrogen-bond donors (Lipinski definition) is 1. The Morgan fingerprint density at radius 3 is 2.25 bits per heavy atom. The van der Waals surface area contributed by atoms with Crippen molar-refractivity contribution in [2.75, 3.05) is 0 Å². The third kappa shape index (κ3) is 3.36. The molecule has 1 amide bonds. The first-order chi connectivity index (χ1) is 9.71. The number of rotatable bonds is 6. The molecule has 2 rings (SSSR count). The molecule has 0 aromatic heterocycles. The quantitative estimate of drug-likeness (QED) is 0.805. The normalized spacial score (nSPS) is 34.8. The molecule has 2 fully saturated rings. The van der Waals surface area contributed by atoms with E-state index >= 15 is 0 Å². The lowest BCUT2D eigenvalue weighted by Crippen LogP contribution is -2.46. The average Bonchev–Trinajstić information content (AvgIpc) is 2.76. The maximum absolute atomic E-state index is 12.7. The van der Waals surface area contributed by atoms with Gasteiger partial charge in [0.1, 0.15) is 0 Å². The van der Waals surface area contributed by atoms with Crippen molar-refractivity contribution in [3.8, 4) is 0 Å². The first kappa shape index (κ1) is 15.8. The fourth-order valence-corrected chi connectivity index (χ4v) is 3.97. The van der Waals surface area contributed by atoms with Crippen LogP contribution in [0.2, 0.25) is 0 Å². The predicted molar refractivity (Wildman–Crippen MR) is 83.4 cm³/mol. The Hall–Kier alpha value is -0.570. The number of amides is 1. The van der Waals surface area contributed by atoms with Crippen LogP contribution in [0, 0.1) is 5.92 Å². The molecule has 3 heteroatoms. The highest BCUT2D eigenvalue weighted by Gasteiger charge is 2.42. The van der Waals surface area contributed by atoms with Crippen molar-refractivity contribution in [2.45, 2.75) is 96.8 Å². The van der Waals surface area contributed by atoms with Crippen molar-refractivity contribution >= 4 is 5.91 Å². The minimum absolute atomic E-state index is 0.0837. The summed E-state index contributed by atoms with van der Waals surface area (Å²) >= 11 is 0. The summed E-state index contributed by atoms with van der Waals surface area (Å²) in [6, 6.07) is 0.580. The van der Waals surface area contributed by atoms with E-state index in [0.29, 0.717) is 18.1 Å². The summed E-state index contributed by atoms with van der Waals surface area (Å²) in [5.74, 6) is 1.28. The summed E-state index contributed by atoms with van der Waals surface area (Å²) in [6.07, 6.45) is 11.0. The van der Waals surface area contributed by atoms with Gasteiger partial charge in [-0.3, -0.25) is 10.1 Å². The zero-order chi connectivity index (χ0) is 14.5. The zero-order valence-electron chi connectivity index (χ0n) is 13.5. The molecule has 2 aliphatic rings. The molecule has 116 valence electrons. The highest BCUT2D eigenvalue weighted by Crippen LogP contribution is 2.33. The summed E-state index contributed by atoms with van der Waals surface area (Å²) in [6.45, 7) is 6.68. The van der Waals surface area contributed by atoms with Crippen LogP contribution in [-0.2, 0) is 4.79 Å². The number of carbonyl (C=O) groups is 1. The van der Waals surface area contributed by atoms with E-state index in [1.165, 1.54) is 32.1 Å². The van der Waals surface area contributed by atoms with E-state index in [2.05, 4.69) is 31.0 Å². The Kier molecular flexibility index (Phi) is 5.88. The minimum Gasteiger partial charge on any atom is -0.323 e. The second-order valence-corrected chi connectivity index (χ2v) is 6.64. The Labute approximate surface area is 124 Å². The van der Waals surface area contributed by atoms with E-state index < -0.39 is 0 Å². The van der Waals surface area contributed by atoms with Gasteiger partial charge in [0.05, 0.1) is 12.2 Å². The molecule has 0 spiro atoms. The monoisotopic (exact) mass is 280 g/mol. The fraction of sp³-hybridized carbons (Fsp3) is 0.941. The van der Waals surface area contributed by atoms with Crippen molar-refractivity contribution in [1.82, 2.24) is 10.2 Å². The SMILES string of the molecule is CCCC1NC(CCC)N(C2CCC(CC)CC2)C1=O. The van der Waals surface area contributed by atoms with Crippen LogP contribution >= 0.6 is 0 Å². The summed E-state index contributed by atoms with van der Waals surface area (Å²) in [4.78, 5) is 14.9. The van der Waals surface area contributed by atoms with E-state index in [-0.39, 0.29) is 6.04 Å². The van der Waals surface area contributed by atoms with Crippen molar-refractivity contribution < 1.29 is 4.79 Å². The standard InChI is InChI=1S/C17H32N2O/c1-4-7-15-17(20)19(16(18-15)8-5-2)14-11-9-13(6-3)10-12-14/h13-16,18H,4-12H2,1-3H3. The Balaban J connectivity index is 2.01. The molecule has 2 unspecified atom stereocenters. The smallest absolute Gasteiger partial charge is 0.241 e. The topological polar surface area (TPSA) is 32.3 Å². The maximum Gasteiger partial charge on any atom is 0.241 e. The summed E-state index contributed by atoms with van der Waals surface area (Å²) < 4.78 is 0. The van der Waals surface area contributed by atoms with Crippen LogP contribution < -0.4 is 5.32 Å². The van der Waals surface area contributed by atoms with Crippen molar-refractivity contribution in [3.05, 3.63) is 0 Å². The van der Waals surface area contributed by atoms with Gasteiger partial charge in [-0.15, -0.1) is 0 Å². The van der Waals surface area contributed by atoms with Crippen LogP contribution in [0.5, 0.6) is 0 Å². The van der Waals surface area contributed by atoms with Crippen LogP contribution in [-0.4, -0.2) is 29.1 Å². The van der Waals surface area contributed by atoms with E-state index in [9.17, 15) is 4.79 Å². The molecule has 0 aromatic carbocycles. The Bertz CT molecular complexity index is 310. The van der Waals surface area contributed by atoms with Gasteiger partial charge in [-0.2, -0.15) is 0 Å². The number of hydrogen-bond acceptors (Lipinski definition) is 2. The van der Waals surface area contributed by atoms with Crippen LogP contribution in [0.25, 0.3) is 0 Å². The molecule has 1 saturated carbocycles. The third-order valence-electron chi connectivity index (χ3n) is 5.21. The lowest BCUT2D eigenvalue weighted by atomic mass is 9.83. The first-order valence-corrected chi connectivity index (χ1v) is 8.79. The van der Waals surface area contributed by atoms with E-state index in [1.54, 1.807) is 0 Å². The van der Waals surface area contributed by atoms with E-state index in [0.717, 1.165) is 31.6 Å². The van der Waals surface area contributed by atoms with Gasteiger partial charge in [0.2, 0.25) is 5.91 Å². The lowest BCUT2D eigenvalue weighted by Gasteiger charge is -2.37. The predicted octanol–water partition coefficient (Wildman–Crippen LogP) is 3.68. The highest BCUT2D eigenvalue weighted by molar-refractivity contribution is 5.84. The Morgan fingerprint density at radius 1 is 1.05 bits per heavy atom. The molecule has 1 saturated heterocycles. The minimum atomic E-state index is 0.0837. The maximum atomic E-state index is 12.7. The largest absolute Gasteiger partial charge is 0.323 e. The average molecular weight is 280 g/mol. The molecule has 1 aliphatic carbocycles. The van der Waals surface area contributed by atoms with E-state index in [4.69, 9.17) is 0 Å². The second-order valence-electron chi connectivity index (χ2n) is 6.64. The number of nitrogens with one attached hydrogen (secondary N) is 1. The van der Waals surface area contributed by atoms with Crippen LogP contribution in [0.1, 0.15) is 78.6 Å². The van der Waals surface area contributed by atoms with Gasteiger partial charge in [0.25, 0.3) is 0 Å². The van der Waals surface area contributed by atoms with Gasteiger partial charge in [-0.1, -0.05) is 40.0 Å². The molecule has 0 radical (unpaired) electrons. The number of nitrogens with zero attached hydrogens (tertiary/aromatic N) is 1. The highest BCUT2D eigenvalue weighted by atomic mass is 16.2. The molecule has 0 aromatic rings. The van der Waals surface area contributed by atoms with Crippen molar-refractivity contribution in [3.63, 3.8) is 0 Å². The summed E-state index contributed by atoms with van der Waals surface area (Å²) in [7, 11) is 0. The molecule has 1 N–H and O–H groups in total. The van der Waals surface area contributed by atoms with Gasteiger partial charge < -0.3 is 4.90 Å². The van der Waals surface area contributed by atoms with E-state index in [1.807, 2.05) is 0 Å². The van der Waals surface area contributed by atoms with Crippen LogP contribution in [0.15, 0.2) is 0 Å². The summed E-state index contributed by atoms with van der Waals surface area (Å²) in [5, 5.41) is 3.59. The van der Waals surface area contributed by atoms with Crippen LogP contribution in [0.3, 0.4) is 0 Å². The molecule has 1 heterocycles. The van der Waals surface area contributed by atoms with Crippen LogP contribution in [0.4, 0.5) is 0 Å². The fourth-order valence-electron chi connectivity index (χ4n) is 3.97. The Morgan fingerprint density at radius 2 is 1.70 bits per heavy atom. The molecular formula is C17H32N2O. The third-order valence-corrected chi connectivity index (χ3v) is 5.21. The first-order valence-electron chi connectivity index (χ1n) is 8.79. The van der Waals surface area contributed by atoms with Crippen molar-refractivity contribution in [2.24, 2.45) is 5.92 Å². The summed E-state index contributed by atoms with van der Waals surface area (Å²) in [5.41, 5.74) is 0. The van der Waals surface area contributed by atoms with Gasteiger partial charge in [-0.05, 0) is 44.4 Å². The van der Waals surface area contributed by atoms with Gasteiger partial charge in [0, 0.05) is 6.04 Å². The number of carbonyl (C=O) groups excluding carboxylic acids is 1. The molecule has 1 aliphatic heterocycles.